The number of hydrogen-bond donors (Lipinski definition) is 1. The van der Waals surface area contributed by atoms with Crippen LogP contribution in [0.25, 0.3) is 0 Å². The second-order valence-corrected chi connectivity index (χ2v) is 4.54. The molecule has 7 heteroatoms. The number of ether oxygens (including phenoxy) is 1. The van der Waals surface area contributed by atoms with E-state index in [9.17, 15) is 9.59 Å². The number of amides is 2. The Hall–Kier alpha value is -1.73. The van der Waals surface area contributed by atoms with E-state index in [1.54, 1.807) is 12.3 Å². The molecule has 2 saturated heterocycles. The summed E-state index contributed by atoms with van der Waals surface area (Å²) in [6, 6.07) is 0. The van der Waals surface area contributed by atoms with Crippen LogP contribution in [0.15, 0.2) is 24.4 Å². The molecule has 0 spiro atoms. The van der Waals surface area contributed by atoms with Crippen molar-refractivity contribution in [1.29, 1.82) is 0 Å². The fourth-order valence-corrected chi connectivity index (χ4v) is 2.11. The number of nitrogens with one attached hydrogen (secondary N) is 1. The van der Waals surface area contributed by atoms with Gasteiger partial charge in [0.2, 0.25) is 0 Å². The average Bonchev–Trinajstić information content (AvgIpc) is 2.41. The lowest BCUT2D eigenvalue weighted by molar-refractivity contribution is -0.128. The van der Waals surface area contributed by atoms with E-state index in [0.29, 0.717) is 26.3 Å². The maximum atomic E-state index is 12.2. The maximum Gasteiger partial charge on any atom is 0.267 e. The van der Waals surface area contributed by atoms with Gasteiger partial charge < -0.3 is 9.64 Å². The first-order valence-corrected chi connectivity index (χ1v) is 6.36. The summed E-state index contributed by atoms with van der Waals surface area (Å²) in [5.74, 6) is -0.845. The molecule has 0 aromatic rings. The molecular formula is C12H15N3O3S. The van der Waals surface area contributed by atoms with E-state index < -0.39 is 5.91 Å². The highest BCUT2D eigenvalue weighted by Crippen LogP contribution is 2.12. The van der Waals surface area contributed by atoms with Crippen LogP contribution in [0, 0.1) is 0 Å². The van der Waals surface area contributed by atoms with Crippen LogP contribution in [0.2, 0.25) is 0 Å². The Kier molecular flexibility index (Phi) is 4.28. The van der Waals surface area contributed by atoms with Crippen molar-refractivity contribution in [2.24, 2.45) is 0 Å². The molecule has 2 rings (SSSR count). The summed E-state index contributed by atoms with van der Waals surface area (Å²) >= 11 is 4.97. The van der Waals surface area contributed by atoms with Crippen LogP contribution in [0.4, 0.5) is 0 Å². The molecule has 0 aliphatic carbocycles. The third-order valence-electron chi connectivity index (χ3n) is 2.85. The normalized spacial score (nSPS) is 22.7. The lowest BCUT2D eigenvalue weighted by Gasteiger charge is -2.30. The van der Waals surface area contributed by atoms with Gasteiger partial charge in [-0.05, 0) is 12.2 Å². The summed E-state index contributed by atoms with van der Waals surface area (Å²) in [5, 5.41) is 2.63. The van der Waals surface area contributed by atoms with E-state index in [2.05, 4.69) is 11.9 Å². The summed E-state index contributed by atoms with van der Waals surface area (Å²) in [6.07, 6.45) is 3.14. The summed E-state index contributed by atoms with van der Waals surface area (Å²) in [7, 11) is 0. The van der Waals surface area contributed by atoms with Gasteiger partial charge in [0.25, 0.3) is 11.8 Å². The van der Waals surface area contributed by atoms with Gasteiger partial charge in [-0.2, -0.15) is 0 Å². The first kappa shape index (κ1) is 13.7. The second-order valence-electron chi connectivity index (χ2n) is 4.15. The Balaban J connectivity index is 2.19. The molecule has 2 heterocycles. The highest BCUT2D eigenvalue weighted by atomic mass is 32.1. The van der Waals surface area contributed by atoms with Crippen molar-refractivity contribution in [3.8, 4) is 0 Å². The van der Waals surface area contributed by atoms with Gasteiger partial charge >= 0.3 is 0 Å². The average molecular weight is 281 g/mol. The topological polar surface area (TPSA) is 61.9 Å². The molecule has 2 aliphatic heterocycles. The Labute approximate surface area is 116 Å². The van der Waals surface area contributed by atoms with Crippen LogP contribution in [0.1, 0.15) is 0 Å². The molecule has 0 radical (unpaired) electrons. The molecule has 0 saturated carbocycles. The molecule has 6 nitrogen and oxygen atoms in total. The number of morpholine rings is 1. The zero-order valence-corrected chi connectivity index (χ0v) is 11.2. The first-order chi connectivity index (χ1) is 9.13. The first-order valence-electron chi connectivity index (χ1n) is 5.95. The van der Waals surface area contributed by atoms with Crippen molar-refractivity contribution >= 4 is 29.1 Å². The molecule has 102 valence electrons. The minimum Gasteiger partial charge on any atom is -0.378 e. The molecule has 0 bridgehead atoms. The van der Waals surface area contributed by atoms with Gasteiger partial charge in [-0.15, -0.1) is 6.58 Å². The third kappa shape index (κ3) is 2.99. The number of carbonyl (C=O) groups is 2. The molecule has 1 N–H and O–H groups in total. The highest BCUT2D eigenvalue weighted by Gasteiger charge is 2.33. The van der Waals surface area contributed by atoms with Gasteiger partial charge in [-0.25, -0.2) is 0 Å². The summed E-state index contributed by atoms with van der Waals surface area (Å²) in [6.45, 7) is 6.36. The van der Waals surface area contributed by atoms with E-state index in [4.69, 9.17) is 17.0 Å². The molecular weight excluding hydrogens is 266 g/mol. The number of thiocarbonyl (C=S) groups is 1. The Morgan fingerprint density at radius 1 is 1.37 bits per heavy atom. The quantitative estimate of drug-likeness (QED) is 0.331. The molecule has 0 unspecified atom stereocenters. The van der Waals surface area contributed by atoms with Crippen molar-refractivity contribution in [1.82, 2.24) is 15.1 Å². The van der Waals surface area contributed by atoms with Crippen molar-refractivity contribution < 1.29 is 14.3 Å². The van der Waals surface area contributed by atoms with Crippen LogP contribution < -0.4 is 5.32 Å². The SMILES string of the molecule is C=CCN1C(=O)/C(=C\N2CCOCC2)C(=O)NC1=S. The van der Waals surface area contributed by atoms with Crippen molar-refractivity contribution in [2.45, 2.75) is 0 Å². The second kappa shape index (κ2) is 5.94. The Morgan fingerprint density at radius 2 is 2.05 bits per heavy atom. The van der Waals surface area contributed by atoms with E-state index >= 15 is 0 Å². The summed E-state index contributed by atoms with van der Waals surface area (Å²) in [5.41, 5.74) is 0.0948. The number of nitrogens with zero attached hydrogens (tertiary/aromatic N) is 2. The lowest BCUT2D eigenvalue weighted by Crippen LogP contribution is -2.54. The molecule has 0 aromatic heterocycles. The van der Waals surface area contributed by atoms with Gasteiger partial charge in [0, 0.05) is 25.8 Å². The molecule has 0 aromatic carbocycles. The fourth-order valence-electron chi connectivity index (χ4n) is 1.86. The van der Waals surface area contributed by atoms with Gasteiger partial charge in [0.1, 0.15) is 5.57 Å². The molecule has 2 amide bonds. The smallest absolute Gasteiger partial charge is 0.267 e. The van der Waals surface area contributed by atoms with E-state index in [1.807, 2.05) is 4.90 Å². The van der Waals surface area contributed by atoms with Crippen LogP contribution in [0.5, 0.6) is 0 Å². The lowest BCUT2D eigenvalue weighted by atomic mass is 10.2. The van der Waals surface area contributed by atoms with Crippen LogP contribution in [-0.4, -0.2) is 59.6 Å². The van der Waals surface area contributed by atoms with Crippen molar-refractivity contribution in [2.75, 3.05) is 32.8 Å². The molecule has 2 fully saturated rings. The largest absolute Gasteiger partial charge is 0.378 e. The highest BCUT2D eigenvalue weighted by molar-refractivity contribution is 7.80. The van der Waals surface area contributed by atoms with Gasteiger partial charge in [0.15, 0.2) is 5.11 Å². The van der Waals surface area contributed by atoms with E-state index in [-0.39, 0.29) is 23.1 Å². The summed E-state index contributed by atoms with van der Waals surface area (Å²) in [4.78, 5) is 27.3. The number of hydrogen-bond acceptors (Lipinski definition) is 5. The maximum absolute atomic E-state index is 12.2. The minimum atomic E-state index is -0.457. The van der Waals surface area contributed by atoms with Crippen LogP contribution in [0.3, 0.4) is 0 Å². The molecule has 2 aliphatic rings. The monoisotopic (exact) mass is 281 g/mol. The fraction of sp³-hybridized carbons (Fsp3) is 0.417. The van der Waals surface area contributed by atoms with Crippen molar-refractivity contribution in [3.05, 3.63) is 24.4 Å². The predicted octanol–water partition coefficient (Wildman–Crippen LogP) is -0.368. The van der Waals surface area contributed by atoms with Gasteiger partial charge in [-0.3, -0.25) is 19.8 Å². The van der Waals surface area contributed by atoms with Crippen LogP contribution >= 0.6 is 12.2 Å². The standard InChI is InChI=1S/C12H15N3O3S/c1-2-3-15-11(17)9(10(16)13-12(15)19)8-14-4-6-18-7-5-14/h2,8H,1,3-7H2,(H,13,16,19)/b9-8-. The Bertz CT molecular complexity index is 455. The zero-order chi connectivity index (χ0) is 13.8. The number of rotatable bonds is 3. The molecule has 19 heavy (non-hydrogen) atoms. The van der Waals surface area contributed by atoms with Gasteiger partial charge in [-0.1, -0.05) is 6.08 Å². The predicted molar refractivity (Wildman–Crippen MR) is 73.1 cm³/mol. The number of carbonyl (C=O) groups excluding carboxylic acids is 2. The van der Waals surface area contributed by atoms with Gasteiger partial charge in [0.05, 0.1) is 13.2 Å². The van der Waals surface area contributed by atoms with E-state index in [1.165, 1.54) is 4.90 Å². The zero-order valence-electron chi connectivity index (χ0n) is 10.4. The Morgan fingerprint density at radius 3 is 2.68 bits per heavy atom. The van der Waals surface area contributed by atoms with Crippen molar-refractivity contribution in [3.63, 3.8) is 0 Å². The minimum absolute atomic E-state index is 0.0948. The van der Waals surface area contributed by atoms with E-state index in [0.717, 1.165) is 0 Å². The van der Waals surface area contributed by atoms with Crippen LogP contribution in [-0.2, 0) is 14.3 Å². The third-order valence-corrected chi connectivity index (χ3v) is 3.18. The molecule has 0 atom stereocenters. The summed E-state index contributed by atoms with van der Waals surface area (Å²) < 4.78 is 5.22.